The van der Waals surface area contributed by atoms with Gasteiger partial charge < -0.3 is 9.64 Å². The molecular weight excluding hydrogens is 679 g/mol. The van der Waals surface area contributed by atoms with Crippen LogP contribution in [0.25, 0.3) is 22.3 Å². The van der Waals surface area contributed by atoms with Crippen LogP contribution in [0.4, 0.5) is 17.1 Å². The van der Waals surface area contributed by atoms with Crippen molar-refractivity contribution < 1.29 is 4.74 Å². The first-order valence-electron chi connectivity index (χ1n) is 21.3. The van der Waals surface area contributed by atoms with Crippen molar-refractivity contribution in [3.05, 3.63) is 162 Å². The standard InChI is InChI=1S/C54H51NO/c1-51(2)27-28-52(3,4)49-42(51)18-12-20-45(49)55(39-23-21-36(22-24-39)35-13-7-5-8-14-35)40-25-26-46-44(32-40)54(47-30-34-29-38-31-48(54)53(38,47)33-34)43-19-11-17-41(50(43)56-46)37-15-9-6-10-16-37/h5-26,32,34,38,47-48H,27-31,33H2,1-4H3. The number of hydrogen-bond donors (Lipinski definition) is 0. The highest BCUT2D eigenvalue weighted by atomic mass is 16.5. The highest BCUT2D eigenvalue weighted by Crippen LogP contribution is 2.89. The summed E-state index contributed by atoms with van der Waals surface area (Å²) in [4.78, 5) is 2.60. The minimum Gasteiger partial charge on any atom is -0.456 e. The van der Waals surface area contributed by atoms with E-state index in [0.717, 1.165) is 23.3 Å². The van der Waals surface area contributed by atoms with E-state index in [1.54, 1.807) is 0 Å². The molecule has 2 spiro atoms. The number of hydrogen-bond acceptors (Lipinski definition) is 2. The fraction of sp³-hybridized carbons (Fsp3) is 0.333. The first-order valence-corrected chi connectivity index (χ1v) is 21.3. The van der Waals surface area contributed by atoms with Gasteiger partial charge in [0.15, 0.2) is 0 Å². The minimum atomic E-state index is -0.0321. The molecule has 0 amide bonds. The first kappa shape index (κ1) is 33.1. The van der Waals surface area contributed by atoms with Crippen LogP contribution in [-0.2, 0) is 16.2 Å². The van der Waals surface area contributed by atoms with Crippen LogP contribution in [0.3, 0.4) is 0 Å². The molecule has 4 saturated carbocycles. The molecule has 0 saturated heterocycles. The molecule has 4 fully saturated rings. The first-order chi connectivity index (χ1) is 27.2. The zero-order valence-electron chi connectivity index (χ0n) is 33.2. The molecule has 278 valence electrons. The molecule has 2 bridgehead atoms. The molecule has 6 unspecified atom stereocenters. The Labute approximate surface area is 332 Å². The van der Waals surface area contributed by atoms with Gasteiger partial charge >= 0.3 is 0 Å². The van der Waals surface area contributed by atoms with Gasteiger partial charge in [0.25, 0.3) is 0 Å². The van der Waals surface area contributed by atoms with Gasteiger partial charge in [-0.05, 0) is 143 Å². The highest BCUT2D eigenvalue weighted by molar-refractivity contribution is 5.84. The van der Waals surface area contributed by atoms with Crippen molar-refractivity contribution in [1.29, 1.82) is 0 Å². The molecule has 6 aromatic rings. The Kier molecular flexibility index (Phi) is 6.67. The van der Waals surface area contributed by atoms with E-state index < -0.39 is 0 Å². The normalized spacial score (nSPS) is 28.9. The summed E-state index contributed by atoms with van der Waals surface area (Å²) in [5.74, 6) is 5.28. The third-order valence-electron chi connectivity index (χ3n) is 16.2. The molecular formula is C54H51NO. The fourth-order valence-corrected chi connectivity index (χ4v) is 13.9. The third kappa shape index (κ3) is 4.18. The van der Waals surface area contributed by atoms with Gasteiger partial charge in [0.05, 0.1) is 5.69 Å². The SMILES string of the molecule is CC1(C)CCC(C)(C)c2c(N(c3ccc(-c4ccccc4)cc3)c3ccc4c(c3)C3(c5cccc(-c6ccccc6)c5O4)C4CC5CC6CC3C64C5)cccc21. The summed E-state index contributed by atoms with van der Waals surface area (Å²) in [6.45, 7) is 9.82. The van der Waals surface area contributed by atoms with Crippen molar-refractivity contribution in [3.8, 4) is 33.8 Å². The van der Waals surface area contributed by atoms with Gasteiger partial charge in [0.1, 0.15) is 11.5 Å². The van der Waals surface area contributed by atoms with Crippen molar-refractivity contribution in [1.82, 2.24) is 0 Å². The van der Waals surface area contributed by atoms with E-state index in [0.29, 0.717) is 17.3 Å². The molecule has 5 aliphatic carbocycles. The lowest BCUT2D eigenvalue weighted by molar-refractivity contribution is -0.235. The smallest absolute Gasteiger partial charge is 0.139 e. The maximum atomic E-state index is 7.23. The maximum Gasteiger partial charge on any atom is 0.139 e. The largest absolute Gasteiger partial charge is 0.456 e. The quantitative estimate of drug-likeness (QED) is 0.175. The molecule has 1 heterocycles. The van der Waals surface area contributed by atoms with Crippen LogP contribution >= 0.6 is 0 Å². The zero-order chi connectivity index (χ0) is 37.6. The van der Waals surface area contributed by atoms with Gasteiger partial charge in [-0.1, -0.05) is 131 Å². The molecule has 2 heteroatoms. The van der Waals surface area contributed by atoms with Crippen LogP contribution in [0, 0.1) is 29.1 Å². The predicted molar refractivity (Wildman–Crippen MR) is 229 cm³/mol. The van der Waals surface area contributed by atoms with Crippen molar-refractivity contribution >= 4 is 17.1 Å². The molecule has 0 N–H and O–H groups in total. The lowest BCUT2D eigenvalue weighted by atomic mass is 9.26. The number of ether oxygens (including phenoxy) is 1. The van der Waals surface area contributed by atoms with Gasteiger partial charge in [0, 0.05) is 33.5 Å². The summed E-state index contributed by atoms with van der Waals surface area (Å²) >= 11 is 0. The average molecular weight is 730 g/mol. The van der Waals surface area contributed by atoms with E-state index in [2.05, 4.69) is 172 Å². The Hall–Kier alpha value is -5.08. The fourth-order valence-electron chi connectivity index (χ4n) is 13.9. The summed E-state index contributed by atoms with van der Waals surface area (Å²) < 4.78 is 7.23. The van der Waals surface area contributed by atoms with Crippen molar-refractivity contribution in [3.63, 3.8) is 0 Å². The summed E-state index contributed by atoms with van der Waals surface area (Å²) in [5, 5.41) is 0. The van der Waals surface area contributed by atoms with Crippen LogP contribution in [-0.4, -0.2) is 0 Å². The van der Waals surface area contributed by atoms with Gasteiger partial charge in [-0.25, -0.2) is 0 Å². The number of fused-ring (bicyclic) bond motifs is 8. The van der Waals surface area contributed by atoms with Crippen LogP contribution in [0.15, 0.2) is 140 Å². The number of nitrogens with zero attached hydrogens (tertiary/aromatic N) is 1. The van der Waals surface area contributed by atoms with Crippen LogP contribution in [0.1, 0.15) is 88.5 Å². The van der Waals surface area contributed by atoms with Crippen molar-refractivity contribution in [2.45, 2.75) is 82.5 Å². The lowest BCUT2D eigenvalue weighted by Gasteiger charge is -2.77. The molecule has 12 rings (SSSR count). The molecule has 2 nitrogen and oxygen atoms in total. The highest BCUT2D eigenvalue weighted by Gasteiger charge is 2.84. The van der Waals surface area contributed by atoms with Gasteiger partial charge in [-0.15, -0.1) is 0 Å². The van der Waals surface area contributed by atoms with Crippen LogP contribution < -0.4 is 9.64 Å². The Bertz CT molecular complexity index is 2550. The Balaban J connectivity index is 1.08. The van der Waals surface area contributed by atoms with E-state index in [9.17, 15) is 0 Å². The Morgan fingerprint density at radius 3 is 1.98 bits per heavy atom. The Morgan fingerprint density at radius 2 is 1.21 bits per heavy atom. The minimum absolute atomic E-state index is 0.0321. The zero-order valence-corrected chi connectivity index (χ0v) is 33.2. The number of benzene rings is 6. The molecule has 0 radical (unpaired) electrons. The number of rotatable bonds is 5. The van der Waals surface area contributed by atoms with Gasteiger partial charge in [-0.2, -0.15) is 0 Å². The molecule has 1 aliphatic heterocycles. The van der Waals surface area contributed by atoms with E-state index in [1.807, 2.05) is 0 Å². The van der Waals surface area contributed by atoms with E-state index >= 15 is 0 Å². The second-order valence-electron chi connectivity index (χ2n) is 19.6. The van der Waals surface area contributed by atoms with Crippen LogP contribution in [0.2, 0.25) is 0 Å². The number of anilines is 3. The second-order valence-corrected chi connectivity index (χ2v) is 19.6. The Morgan fingerprint density at radius 1 is 0.554 bits per heavy atom. The third-order valence-corrected chi connectivity index (χ3v) is 16.2. The topological polar surface area (TPSA) is 12.5 Å². The van der Waals surface area contributed by atoms with Gasteiger partial charge in [0.2, 0.25) is 0 Å². The molecule has 6 aliphatic rings. The van der Waals surface area contributed by atoms with Crippen LogP contribution in [0.5, 0.6) is 11.5 Å². The van der Waals surface area contributed by atoms with Crippen molar-refractivity contribution in [2.75, 3.05) is 4.90 Å². The summed E-state index contributed by atoms with van der Waals surface area (Å²) in [5.41, 5.74) is 15.2. The summed E-state index contributed by atoms with van der Waals surface area (Å²) in [6.07, 6.45) is 7.97. The van der Waals surface area contributed by atoms with E-state index in [4.69, 9.17) is 4.74 Å². The molecule has 0 aromatic heterocycles. The van der Waals surface area contributed by atoms with E-state index in [1.165, 1.54) is 100 Å². The number of para-hydroxylation sites is 1. The van der Waals surface area contributed by atoms with E-state index in [-0.39, 0.29) is 16.2 Å². The van der Waals surface area contributed by atoms with Gasteiger partial charge in [-0.3, -0.25) is 0 Å². The molecule has 56 heavy (non-hydrogen) atoms. The predicted octanol–water partition coefficient (Wildman–Crippen LogP) is 14.3. The molecule has 6 aromatic carbocycles. The summed E-state index contributed by atoms with van der Waals surface area (Å²) in [7, 11) is 0. The molecule has 6 atom stereocenters. The maximum absolute atomic E-state index is 7.23. The lowest BCUT2D eigenvalue weighted by Crippen LogP contribution is -2.74. The second kappa shape index (κ2) is 11.3. The summed E-state index contributed by atoms with van der Waals surface area (Å²) in [6, 6.07) is 52.4. The monoisotopic (exact) mass is 729 g/mol. The van der Waals surface area contributed by atoms with Crippen molar-refractivity contribution in [2.24, 2.45) is 29.1 Å². The average Bonchev–Trinajstić information content (AvgIpc) is 3.76.